The molecule has 160 valence electrons. The number of nitrogens with two attached hydrogens (primary N) is 1. The van der Waals surface area contributed by atoms with Gasteiger partial charge in [-0.05, 0) is 30.8 Å². The van der Waals surface area contributed by atoms with Crippen molar-refractivity contribution in [2.45, 2.75) is 31.7 Å². The van der Waals surface area contributed by atoms with Crippen molar-refractivity contribution in [2.75, 3.05) is 26.2 Å². The summed E-state index contributed by atoms with van der Waals surface area (Å²) in [5, 5.41) is 2.22. The number of halogens is 1. The fourth-order valence-electron chi connectivity index (χ4n) is 3.68. The third-order valence-corrected chi connectivity index (χ3v) is 5.78. The highest BCUT2D eigenvalue weighted by Crippen LogP contribution is 2.33. The first-order chi connectivity index (χ1) is 14.5. The maximum Gasteiger partial charge on any atom is 0.415 e. The minimum Gasteiger partial charge on any atom is -0.409 e. The van der Waals surface area contributed by atoms with Crippen LogP contribution in [0.25, 0.3) is 10.8 Å². The Labute approximate surface area is 182 Å². The summed E-state index contributed by atoms with van der Waals surface area (Å²) in [7, 11) is 0. The van der Waals surface area contributed by atoms with Gasteiger partial charge in [-0.25, -0.2) is 4.79 Å². The topological polar surface area (TPSA) is 75.9 Å². The molecule has 1 atom stereocenters. The molecular formula is C23H28ClN3O3. The lowest BCUT2D eigenvalue weighted by molar-refractivity contribution is -0.134. The second-order valence-corrected chi connectivity index (χ2v) is 7.78. The zero-order chi connectivity index (χ0) is 21.5. The number of piperazine rings is 1. The Hall–Kier alpha value is -2.57. The molecule has 2 N–H and O–H groups in total. The zero-order valence-electron chi connectivity index (χ0n) is 17.1. The van der Waals surface area contributed by atoms with Gasteiger partial charge in [0.15, 0.2) is 5.75 Å². The molecule has 1 aliphatic rings. The molecule has 0 aliphatic carbocycles. The molecular weight excluding hydrogens is 402 g/mol. The molecule has 0 radical (unpaired) electrons. The molecule has 3 rings (SSSR count). The van der Waals surface area contributed by atoms with Crippen LogP contribution in [0.3, 0.4) is 0 Å². The monoisotopic (exact) mass is 429 g/mol. The van der Waals surface area contributed by atoms with Crippen molar-refractivity contribution in [1.29, 1.82) is 0 Å². The molecule has 1 aliphatic heterocycles. The number of fused-ring (bicyclic) bond motifs is 1. The van der Waals surface area contributed by atoms with E-state index in [1.807, 2.05) is 30.3 Å². The SMILES string of the molecule is C=C[C@@H]1CN(C(=O)Oc2ccc3ccccc3c2Cl)CCN1C(=O)CCCCCN. The van der Waals surface area contributed by atoms with Gasteiger partial charge in [-0.15, -0.1) is 6.58 Å². The van der Waals surface area contributed by atoms with Crippen LogP contribution in [0, 0.1) is 0 Å². The molecule has 6 nitrogen and oxygen atoms in total. The fourth-order valence-corrected chi connectivity index (χ4v) is 3.95. The van der Waals surface area contributed by atoms with E-state index >= 15 is 0 Å². The summed E-state index contributed by atoms with van der Waals surface area (Å²) in [4.78, 5) is 28.7. The molecule has 0 aromatic heterocycles. The lowest BCUT2D eigenvalue weighted by Crippen LogP contribution is -2.56. The van der Waals surface area contributed by atoms with Crippen LogP contribution in [-0.2, 0) is 4.79 Å². The van der Waals surface area contributed by atoms with E-state index in [1.165, 1.54) is 0 Å². The Bertz CT molecular complexity index is 918. The summed E-state index contributed by atoms with van der Waals surface area (Å²) in [6.07, 6.45) is 4.41. The Morgan fingerprint density at radius 3 is 2.73 bits per heavy atom. The second kappa shape index (κ2) is 10.5. The molecule has 2 aromatic rings. The molecule has 2 amide bonds. The van der Waals surface area contributed by atoms with E-state index in [9.17, 15) is 9.59 Å². The van der Waals surface area contributed by atoms with Crippen molar-refractivity contribution in [1.82, 2.24) is 9.80 Å². The van der Waals surface area contributed by atoms with E-state index in [-0.39, 0.29) is 11.9 Å². The second-order valence-electron chi connectivity index (χ2n) is 7.40. The van der Waals surface area contributed by atoms with Crippen LogP contribution < -0.4 is 10.5 Å². The summed E-state index contributed by atoms with van der Waals surface area (Å²) in [5.74, 6) is 0.413. The van der Waals surface area contributed by atoms with Gasteiger partial charge in [-0.2, -0.15) is 0 Å². The van der Waals surface area contributed by atoms with Crippen molar-refractivity contribution in [3.05, 3.63) is 54.1 Å². The predicted octanol–water partition coefficient (Wildman–Crippen LogP) is 4.21. The van der Waals surface area contributed by atoms with Crippen molar-refractivity contribution in [3.63, 3.8) is 0 Å². The number of carbonyl (C=O) groups is 2. The quantitative estimate of drug-likeness (QED) is 0.528. The summed E-state index contributed by atoms with van der Waals surface area (Å²) < 4.78 is 5.58. The van der Waals surface area contributed by atoms with Crippen LogP contribution in [0.4, 0.5) is 4.79 Å². The minimum atomic E-state index is -0.478. The molecule has 30 heavy (non-hydrogen) atoms. The van der Waals surface area contributed by atoms with Gasteiger partial charge in [0.1, 0.15) is 0 Å². The van der Waals surface area contributed by atoms with Crippen molar-refractivity contribution >= 4 is 34.4 Å². The van der Waals surface area contributed by atoms with Crippen LogP contribution in [0.15, 0.2) is 49.1 Å². The highest BCUT2D eigenvalue weighted by molar-refractivity contribution is 6.37. The van der Waals surface area contributed by atoms with Crippen LogP contribution in [0.1, 0.15) is 25.7 Å². The summed E-state index contributed by atoms with van der Waals surface area (Å²) in [5.41, 5.74) is 5.50. The van der Waals surface area contributed by atoms with Gasteiger partial charge in [0, 0.05) is 31.4 Å². The molecule has 0 saturated carbocycles. The normalized spacial score (nSPS) is 16.5. The molecule has 0 spiro atoms. The Morgan fingerprint density at radius 1 is 1.17 bits per heavy atom. The average Bonchev–Trinajstić information content (AvgIpc) is 2.78. The van der Waals surface area contributed by atoms with Gasteiger partial charge in [-0.3, -0.25) is 4.79 Å². The average molecular weight is 430 g/mol. The Kier molecular flexibility index (Phi) is 7.71. The number of hydrogen-bond donors (Lipinski definition) is 1. The van der Waals surface area contributed by atoms with Gasteiger partial charge < -0.3 is 20.3 Å². The van der Waals surface area contributed by atoms with E-state index < -0.39 is 6.09 Å². The Morgan fingerprint density at radius 2 is 1.97 bits per heavy atom. The number of hydrogen-bond acceptors (Lipinski definition) is 4. The molecule has 2 aromatic carbocycles. The van der Waals surface area contributed by atoms with Crippen LogP contribution in [0.5, 0.6) is 5.75 Å². The van der Waals surface area contributed by atoms with Crippen LogP contribution in [0.2, 0.25) is 5.02 Å². The number of nitrogens with zero attached hydrogens (tertiary/aromatic N) is 2. The number of benzene rings is 2. The lowest BCUT2D eigenvalue weighted by Gasteiger charge is -2.39. The molecule has 0 unspecified atom stereocenters. The summed E-state index contributed by atoms with van der Waals surface area (Å²) >= 11 is 6.44. The van der Waals surface area contributed by atoms with Gasteiger partial charge in [0.05, 0.1) is 11.1 Å². The third kappa shape index (κ3) is 5.12. The van der Waals surface area contributed by atoms with Gasteiger partial charge in [0.25, 0.3) is 0 Å². The molecule has 0 bridgehead atoms. The number of carbonyl (C=O) groups excluding carboxylic acids is 2. The first kappa shape index (κ1) is 22.1. The highest BCUT2D eigenvalue weighted by Gasteiger charge is 2.31. The third-order valence-electron chi connectivity index (χ3n) is 5.39. The largest absolute Gasteiger partial charge is 0.415 e. The van der Waals surface area contributed by atoms with E-state index in [0.29, 0.717) is 43.4 Å². The standard InChI is InChI=1S/C23H28ClN3O3/c1-2-18-16-26(14-15-27(18)21(28)10-4-3-7-13-25)23(29)30-20-12-11-17-8-5-6-9-19(17)22(20)24/h2,5-6,8-9,11-12,18H,1,3-4,7,10,13-16,25H2/t18-/m1/s1. The van der Waals surface area contributed by atoms with E-state index in [0.717, 1.165) is 30.0 Å². The first-order valence-electron chi connectivity index (χ1n) is 10.3. The predicted molar refractivity (Wildman–Crippen MR) is 120 cm³/mol. The number of rotatable bonds is 7. The van der Waals surface area contributed by atoms with E-state index in [4.69, 9.17) is 22.1 Å². The number of ether oxygens (including phenoxy) is 1. The summed E-state index contributed by atoms with van der Waals surface area (Å²) in [6.45, 7) is 5.69. The van der Waals surface area contributed by atoms with Gasteiger partial charge in [-0.1, -0.05) is 54.4 Å². The number of unbranched alkanes of at least 4 members (excludes halogenated alkanes) is 2. The fraction of sp³-hybridized carbons (Fsp3) is 0.391. The van der Waals surface area contributed by atoms with Gasteiger partial charge in [0.2, 0.25) is 5.91 Å². The summed E-state index contributed by atoms with van der Waals surface area (Å²) in [6, 6.07) is 11.0. The minimum absolute atomic E-state index is 0.0857. The molecule has 1 fully saturated rings. The van der Waals surface area contributed by atoms with Gasteiger partial charge >= 0.3 is 6.09 Å². The highest BCUT2D eigenvalue weighted by atomic mass is 35.5. The maximum atomic E-state index is 12.7. The van der Waals surface area contributed by atoms with Crippen molar-refractivity contribution in [2.24, 2.45) is 5.73 Å². The number of amides is 2. The first-order valence-corrected chi connectivity index (χ1v) is 10.7. The van der Waals surface area contributed by atoms with Crippen LogP contribution >= 0.6 is 11.6 Å². The Balaban J connectivity index is 1.61. The lowest BCUT2D eigenvalue weighted by atomic mass is 10.1. The maximum absolute atomic E-state index is 12.7. The van der Waals surface area contributed by atoms with Crippen LogP contribution in [-0.4, -0.2) is 54.0 Å². The van der Waals surface area contributed by atoms with E-state index in [2.05, 4.69) is 6.58 Å². The van der Waals surface area contributed by atoms with Crippen molar-refractivity contribution in [3.8, 4) is 5.75 Å². The molecule has 1 saturated heterocycles. The van der Waals surface area contributed by atoms with Crippen molar-refractivity contribution < 1.29 is 14.3 Å². The van der Waals surface area contributed by atoms with E-state index in [1.54, 1.807) is 21.9 Å². The molecule has 7 heteroatoms. The smallest absolute Gasteiger partial charge is 0.409 e. The molecule has 1 heterocycles. The zero-order valence-corrected chi connectivity index (χ0v) is 17.8.